The molecule has 0 radical (unpaired) electrons. The maximum absolute atomic E-state index is 12.4. The standard InChI is InChI=1S/C13H18O2S/c1-13(14)10-6-5-9-12(13)16(15)11-7-3-2-4-8-11/h2-4,7-8,12,14H,5-6,9-10H2,1H3/t12-,13-,16?/m0/s1. The number of aliphatic hydroxyl groups is 1. The van der Waals surface area contributed by atoms with Gasteiger partial charge in [-0.3, -0.25) is 0 Å². The molecule has 2 nitrogen and oxygen atoms in total. The summed E-state index contributed by atoms with van der Waals surface area (Å²) < 4.78 is 12.4. The Labute approximate surface area is 99.9 Å². The first-order valence-corrected chi connectivity index (χ1v) is 7.00. The summed E-state index contributed by atoms with van der Waals surface area (Å²) in [6.07, 6.45) is 3.72. The molecule has 1 aromatic rings. The molecular formula is C13H18O2S. The summed E-state index contributed by atoms with van der Waals surface area (Å²) in [7, 11) is 0. The highest BCUT2D eigenvalue weighted by molar-refractivity contribution is 7.92. The minimum atomic E-state index is -1.09. The number of rotatable bonds is 2. The molecule has 0 aromatic heterocycles. The Morgan fingerprint density at radius 3 is 2.62 bits per heavy atom. The van der Waals surface area contributed by atoms with Crippen LogP contribution >= 0.6 is 0 Å². The maximum atomic E-state index is 12.4. The van der Waals surface area contributed by atoms with Gasteiger partial charge in [-0.05, 0) is 49.5 Å². The molecule has 1 saturated carbocycles. The van der Waals surface area contributed by atoms with Crippen LogP contribution in [0.1, 0.15) is 32.6 Å². The van der Waals surface area contributed by atoms with Crippen molar-refractivity contribution in [2.75, 3.05) is 0 Å². The van der Waals surface area contributed by atoms with Crippen LogP contribution in [0, 0.1) is 0 Å². The minimum absolute atomic E-state index is 0.122. The van der Waals surface area contributed by atoms with Crippen LogP contribution in [0.25, 0.3) is 0 Å². The fourth-order valence-corrected chi connectivity index (χ4v) is 4.05. The van der Waals surface area contributed by atoms with E-state index in [-0.39, 0.29) is 5.25 Å². The summed E-state index contributed by atoms with van der Waals surface area (Å²) in [6, 6.07) is 9.46. The summed E-state index contributed by atoms with van der Waals surface area (Å²) in [5.41, 5.74) is -0.779. The lowest BCUT2D eigenvalue weighted by molar-refractivity contribution is 0.0263. The molecule has 0 aliphatic heterocycles. The quantitative estimate of drug-likeness (QED) is 0.804. The highest BCUT2D eigenvalue weighted by Gasteiger charge is 2.43. The van der Waals surface area contributed by atoms with Gasteiger partial charge < -0.3 is 9.66 Å². The molecule has 1 unspecified atom stereocenters. The van der Waals surface area contributed by atoms with E-state index in [1.54, 1.807) is 0 Å². The molecule has 2 rings (SSSR count). The van der Waals surface area contributed by atoms with Gasteiger partial charge in [0.1, 0.15) is 10.9 Å². The molecule has 3 heteroatoms. The van der Waals surface area contributed by atoms with Crippen molar-refractivity contribution in [1.82, 2.24) is 0 Å². The lowest BCUT2D eigenvalue weighted by Gasteiger charge is -2.37. The van der Waals surface area contributed by atoms with E-state index in [0.29, 0.717) is 0 Å². The molecule has 3 atom stereocenters. The lowest BCUT2D eigenvalue weighted by Crippen LogP contribution is -2.46. The average molecular weight is 238 g/mol. The molecule has 0 bridgehead atoms. The van der Waals surface area contributed by atoms with Crippen molar-refractivity contribution in [3.8, 4) is 0 Å². The molecule has 0 heterocycles. The van der Waals surface area contributed by atoms with E-state index in [2.05, 4.69) is 0 Å². The molecule has 1 aliphatic rings. The summed E-state index contributed by atoms with van der Waals surface area (Å²) in [6.45, 7) is 1.82. The average Bonchev–Trinajstić information content (AvgIpc) is 2.29. The zero-order chi connectivity index (χ0) is 11.6. The fraction of sp³-hybridized carbons (Fsp3) is 0.538. The van der Waals surface area contributed by atoms with E-state index < -0.39 is 16.8 Å². The van der Waals surface area contributed by atoms with Crippen LogP contribution < -0.4 is 0 Å². The van der Waals surface area contributed by atoms with Crippen LogP contribution in [-0.2, 0) is 11.2 Å². The predicted molar refractivity (Wildman–Crippen MR) is 65.7 cm³/mol. The Morgan fingerprint density at radius 1 is 1.31 bits per heavy atom. The third-order valence-corrected chi connectivity index (χ3v) is 5.32. The monoisotopic (exact) mass is 238 g/mol. The Kier molecular flexibility index (Phi) is 3.57. The molecular weight excluding hydrogens is 220 g/mol. The zero-order valence-corrected chi connectivity index (χ0v) is 10.4. The van der Waals surface area contributed by atoms with Crippen molar-refractivity contribution in [3.05, 3.63) is 30.3 Å². The van der Waals surface area contributed by atoms with E-state index >= 15 is 0 Å². The van der Waals surface area contributed by atoms with Crippen LogP contribution in [0.3, 0.4) is 0 Å². The summed E-state index contributed by atoms with van der Waals surface area (Å²) in [5, 5.41) is 10.2. The summed E-state index contributed by atoms with van der Waals surface area (Å²) >= 11 is -1.09. The van der Waals surface area contributed by atoms with Gasteiger partial charge in [-0.15, -0.1) is 0 Å². The van der Waals surface area contributed by atoms with Crippen LogP contribution in [-0.4, -0.2) is 20.5 Å². The Balaban J connectivity index is 2.17. The van der Waals surface area contributed by atoms with Crippen LogP contribution in [0.4, 0.5) is 0 Å². The SMILES string of the molecule is C[C@]1(O)CCCC[C@@H]1[S+]([O-])c1ccccc1. The van der Waals surface area contributed by atoms with Crippen molar-refractivity contribution in [3.63, 3.8) is 0 Å². The Hall–Kier alpha value is -0.510. The van der Waals surface area contributed by atoms with E-state index in [1.165, 1.54) is 0 Å². The van der Waals surface area contributed by atoms with Crippen molar-refractivity contribution in [1.29, 1.82) is 0 Å². The first-order chi connectivity index (χ1) is 7.61. The van der Waals surface area contributed by atoms with Gasteiger partial charge in [0.15, 0.2) is 4.90 Å². The third kappa shape index (κ3) is 2.42. The molecule has 1 fully saturated rings. The molecule has 0 saturated heterocycles. The second-order valence-corrected chi connectivity index (χ2v) is 6.34. The third-order valence-electron chi connectivity index (χ3n) is 3.33. The Morgan fingerprint density at radius 2 is 2.00 bits per heavy atom. The van der Waals surface area contributed by atoms with E-state index in [0.717, 1.165) is 30.6 Å². The lowest BCUT2D eigenvalue weighted by atomic mass is 9.86. The van der Waals surface area contributed by atoms with Gasteiger partial charge in [-0.1, -0.05) is 24.6 Å². The number of benzene rings is 1. The number of hydrogen-bond donors (Lipinski definition) is 1. The second-order valence-electron chi connectivity index (χ2n) is 4.70. The highest BCUT2D eigenvalue weighted by atomic mass is 32.2. The summed E-state index contributed by atoms with van der Waals surface area (Å²) in [5.74, 6) is 0. The smallest absolute Gasteiger partial charge is 0.153 e. The molecule has 1 N–H and O–H groups in total. The van der Waals surface area contributed by atoms with Gasteiger partial charge in [-0.25, -0.2) is 0 Å². The molecule has 16 heavy (non-hydrogen) atoms. The van der Waals surface area contributed by atoms with Crippen molar-refractivity contribution in [2.24, 2.45) is 0 Å². The topological polar surface area (TPSA) is 43.3 Å². The molecule has 1 aromatic carbocycles. The molecule has 0 spiro atoms. The van der Waals surface area contributed by atoms with Crippen LogP contribution in [0.2, 0.25) is 0 Å². The van der Waals surface area contributed by atoms with Crippen molar-refractivity contribution < 1.29 is 9.66 Å². The largest absolute Gasteiger partial charge is 0.611 e. The first-order valence-electron chi connectivity index (χ1n) is 5.79. The number of hydrogen-bond acceptors (Lipinski definition) is 2. The van der Waals surface area contributed by atoms with E-state index in [4.69, 9.17) is 0 Å². The van der Waals surface area contributed by atoms with E-state index in [1.807, 2.05) is 37.3 Å². The van der Waals surface area contributed by atoms with E-state index in [9.17, 15) is 9.66 Å². The van der Waals surface area contributed by atoms with Crippen LogP contribution in [0.15, 0.2) is 35.2 Å². The van der Waals surface area contributed by atoms with Gasteiger partial charge in [0, 0.05) is 0 Å². The molecule has 0 amide bonds. The maximum Gasteiger partial charge on any atom is 0.153 e. The van der Waals surface area contributed by atoms with Gasteiger partial charge in [-0.2, -0.15) is 0 Å². The molecule has 88 valence electrons. The first kappa shape index (κ1) is 12.0. The van der Waals surface area contributed by atoms with Crippen LogP contribution in [0.5, 0.6) is 0 Å². The van der Waals surface area contributed by atoms with Gasteiger partial charge in [0.05, 0.1) is 0 Å². The summed E-state index contributed by atoms with van der Waals surface area (Å²) in [4.78, 5) is 0.828. The van der Waals surface area contributed by atoms with Crippen molar-refractivity contribution >= 4 is 11.2 Å². The second kappa shape index (κ2) is 4.78. The fourth-order valence-electron chi connectivity index (χ4n) is 2.34. The van der Waals surface area contributed by atoms with Gasteiger partial charge in [0.2, 0.25) is 0 Å². The predicted octanol–water partition coefficient (Wildman–Crippen LogP) is 2.49. The van der Waals surface area contributed by atoms with Gasteiger partial charge in [0.25, 0.3) is 0 Å². The van der Waals surface area contributed by atoms with Gasteiger partial charge >= 0.3 is 0 Å². The normalized spacial score (nSPS) is 32.3. The molecule has 1 aliphatic carbocycles. The Bertz CT molecular complexity index is 337. The van der Waals surface area contributed by atoms with Crippen molar-refractivity contribution in [2.45, 2.75) is 48.4 Å². The highest BCUT2D eigenvalue weighted by Crippen LogP contribution is 2.35. The zero-order valence-electron chi connectivity index (χ0n) is 9.56. The minimum Gasteiger partial charge on any atom is -0.611 e.